The van der Waals surface area contributed by atoms with E-state index in [1.165, 1.54) is 32.2 Å². The molecule has 0 radical (unpaired) electrons. The van der Waals surface area contributed by atoms with E-state index in [1.807, 2.05) is 0 Å². The Labute approximate surface area is 98.2 Å². The predicted octanol–water partition coefficient (Wildman–Crippen LogP) is 1.99. The van der Waals surface area contributed by atoms with Crippen LogP contribution in [0, 0.1) is 22.6 Å². The first-order chi connectivity index (χ1) is 7.92. The van der Waals surface area contributed by atoms with Gasteiger partial charge in [-0.1, -0.05) is 0 Å². The summed E-state index contributed by atoms with van der Waals surface area (Å²) in [5.74, 6) is -1.37. The Bertz CT molecular complexity index is 481. The van der Waals surface area contributed by atoms with E-state index in [0.717, 1.165) is 0 Å². The lowest BCUT2D eigenvalue weighted by Gasteiger charge is -2.17. The molecule has 1 aromatic carbocycles. The summed E-state index contributed by atoms with van der Waals surface area (Å²) < 4.78 is 18.1. The fourth-order valence-electron chi connectivity index (χ4n) is 1.43. The third kappa shape index (κ3) is 2.72. The van der Waals surface area contributed by atoms with Crippen LogP contribution in [-0.4, -0.2) is 18.2 Å². The van der Waals surface area contributed by atoms with Crippen molar-refractivity contribution in [3.8, 4) is 11.8 Å². The summed E-state index contributed by atoms with van der Waals surface area (Å²) in [6.45, 7) is 1.29. The van der Waals surface area contributed by atoms with Crippen LogP contribution in [0.25, 0.3) is 0 Å². The summed E-state index contributed by atoms with van der Waals surface area (Å²) in [6.07, 6.45) is -0.111. The van der Waals surface area contributed by atoms with E-state index in [9.17, 15) is 9.18 Å². The molecular weight excluding hydrogens is 225 g/mol. The van der Waals surface area contributed by atoms with Crippen LogP contribution in [-0.2, 0) is 11.2 Å². The third-order valence-corrected chi connectivity index (χ3v) is 2.51. The smallest absolute Gasteiger partial charge is 0.324 e. The molecule has 0 saturated heterocycles. The molecule has 0 aliphatic heterocycles. The molecular formula is C12H12FNO3. The van der Waals surface area contributed by atoms with Crippen LogP contribution in [0.1, 0.15) is 12.5 Å². The lowest BCUT2D eigenvalue weighted by atomic mass is 9.85. The van der Waals surface area contributed by atoms with Crippen LogP contribution >= 0.6 is 0 Å². The van der Waals surface area contributed by atoms with E-state index in [-0.39, 0.29) is 6.42 Å². The quantitative estimate of drug-likeness (QED) is 0.869. The average molecular weight is 237 g/mol. The highest BCUT2D eigenvalue weighted by atomic mass is 19.1. The summed E-state index contributed by atoms with van der Waals surface area (Å²) in [5.41, 5.74) is -1.24. The fourth-order valence-corrected chi connectivity index (χ4v) is 1.43. The van der Waals surface area contributed by atoms with Gasteiger partial charge in [-0.15, -0.1) is 0 Å². The van der Waals surface area contributed by atoms with Crippen molar-refractivity contribution in [2.75, 3.05) is 7.11 Å². The second-order valence-electron chi connectivity index (χ2n) is 3.88. The van der Waals surface area contributed by atoms with Crippen LogP contribution in [0.15, 0.2) is 18.2 Å². The molecule has 0 bridgehead atoms. The standard InChI is InChI=1S/C12H12FNO3/c1-12(7-14,11(15)16)6-8-5-9(13)3-4-10(8)17-2/h3-5H,6H2,1-2H3,(H,15,16). The van der Waals surface area contributed by atoms with Gasteiger partial charge < -0.3 is 9.84 Å². The third-order valence-electron chi connectivity index (χ3n) is 2.51. The van der Waals surface area contributed by atoms with Crippen LogP contribution in [0.2, 0.25) is 0 Å². The minimum Gasteiger partial charge on any atom is -0.496 e. The van der Waals surface area contributed by atoms with Crippen molar-refractivity contribution < 1.29 is 19.0 Å². The summed E-state index contributed by atoms with van der Waals surface area (Å²) >= 11 is 0. The van der Waals surface area contributed by atoms with Crippen molar-refractivity contribution in [1.29, 1.82) is 5.26 Å². The normalized spacial score (nSPS) is 13.5. The van der Waals surface area contributed by atoms with Gasteiger partial charge in [0.15, 0.2) is 5.41 Å². The van der Waals surface area contributed by atoms with Gasteiger partial charge in [-0.05, 0) is 30.7 Å². The Hall–Kier alpha value is -2.09. The number of aliphatic carboxylic acids is 1. The van der Waals surface area contributed by atoms with Crippen LogP contribution in [0.5, 0.6) is 5.75 Å². The zero-order valence-corrected chi connectivity index (χ0v) is 9.53. The van der Waals surface area contributed by atoms with Gasteiger partial charge in [-0.3, -0.25) is 4.79 Å². The van der Waals surface area contributed by atoms with Crippen molar-refractivity contribution in [2.45, 2.75) is 13.3 Å². The summed E-state index contributed by atoms with van der Waals surface area (Å²) in [6, 6.07) is 5.52. The molecule has 4 nitrogen and oxygen atoms in total. The predicted molar refractivity (Wildman–Crippen MR) is 58.0 cm³/mol. The first-order valence-corrected chi connectivity index (χ1v) is 4.90. The van der Waals surface area contributed by atoms with E-state index in [2.05, 4.69) is 0 Å². The van der Waals surface area contributed by atoms with Gasteiger partial charge in [0.25, 0.3) is 0 Å². The Morgan fingerprint density at radius 2 is 2.29 bits per heavy atom. The number of nitrogens with zero attached hydrogens (tertiary/aromatic N) is 1. The summed E-state index contributed by atoms with van der Waals surface area (Å²) in [7, 11) is 1.40. The van der Waals surface area contributed by atoms with E-state index in [1.54, 1.807) is 6.07 Å². The molecule has 0 fully saturated rings. The Balaban J connectivity index is 3.14. The minimum absolute atomic E-state index is 0.111. The number of hydrogen-bond acceptors (Lipinski definition) is 3. The molecule has 17 heavy (non-hydrogen) atoms. The Morgan fingerprint density at radius 1 is 1.65 bits per heavy atom. The second kappa shape index (κ2) is 4.83. The van der Waals surface area contributed by atoms with E-state index in [4.69, 9.17) is 15.1 Å². The largest absolute Gasteiger partial charge is 0.496 e. The highest BCUT2D eigenvalue weighted by Crippen LogP contribution is 2.28. The fraction of sp³-hybridized carbons (Fsp3) is 0.333. The lowest BCUT2D eigenvalue weighted by molar-refractivity contribution is -0.144. The molecule has 0 amide bonds. The van der Waals surface area contributed by atoms with Crippen molar-refractivity contribution >= 4 is 5.97 Å². The zero-order chi connectivity index (χ0) is 13.1. The number of carboxylic acid groups (broad SMARTS) is 1. The van der Waals surface area contributed by atoms with Gasteiger partial charge in [-0.25, -0.2) is 4.39 Å². The molecule has 0 saturated carbocycles. The van der Waals surface area contributed by atoms with Crippen molar-refractivity contribution in [3.63, 3.8) is 0 Å². The van der Waals surface area contributed by atoms with Crippen LogP contribution < -0.4 is 4.74 Å². The van der Waals surface area contributed by atoms with E-state index < -0.39 is 17.2 Å². The highest BCUT2D eigenvalue weighted by Gasteiger charge is 2.34. The van der Waals surface area contributed by atoms with Crippen LogP contribution in [0.3, 0.4) is 0 Å². The molecule has 1 unspecified atom stereocenters. The monoisotopic (exact) mass is 237 g/mol. The number of rotatable bonds is 4. The number of carbonyl (C=O) groups is 1. The number of carboxylic acids is 1. The number of ether oxygens (including phenoxy) is 1. The second-order valence-corrected chi connectivity index (χ2v) is 3.88. The van der Waals surface area contributed by atoms with Gasteiger partial charge in [0.2, 0.25) is 0 Å². The average Bonchev–Trinajstić information content (AvgIpc) is 2.29. The Kier molecular flexibility index (Phi) is 3.69. The van der Waals surface area contributed by atoms with E-state index >= 15 is 0 Å². The number of benzene rings is 1. The molecule has 5 heteroatoms. The molecule has 1 rings (SSSR count). The van der Waals surface area contributed by atoms with Gasteiger partial charge in [0.1, 0.15) is 11.6 Å². The molecule has 0 aliphatic carbocycles. The van der Waals surface area contributed by atoms with Gasteiger partial charge in [-0.2, -0.15) is 5.26 Å². The maximum atomic E-state index is 13.1. The highest BCUT2D eigenvalue weighted by molar-refractivity contribution is 5.78. The molecule has 0 heterocycles. The van der Waals surface area contributed by atoms with Gasteiger partial charge >= 0.3 is 5.97 Å². The first kappa shape index (κ1) is 13.0. The van der Waals surface area contributed by atoms with Crippen LogP contribution in [0.4, 0.5) is 4.39 Å². The van der Waals surface area contributed by atoms with Gasteiger partial charge in [0, 0.05) is 6.42 Å². The number of halogens is 1. The topological polar surface area (TPSA) is 70.3 Å². The maximum absolute atomic E-state index is 13.1. The van der Waals surface area contributed by atoms with E-state index in [0.29, 0.717) is 11.3 Å². The minimum atomic E-state index is -1.60. The molecule has 1 aromatic rings. The summed E-state index contributed by atoms with van der Waals surface area (Å²) in [4.78, 5) is 11.0. The number of hydrogen-bond donors (Lipinski definition) is 1. The van der Waals surface area contributed by atoms with Crippen molar-refractivity contribution in [1.82, 2.24) is 0 Å². The van der Waals surface area contributed by atoms with Gasteiger partial charge in [0.05, 0.1) is 13.2 Å². The van der Waals surface area contributed by atoms with Crippen molar-refractivity contribution in [3.05, 3.63) is 29.6 Å². The molecule has 90 valence electrons. The molecule has 1 atom stereocenters. The van der Waals surface area contributed by atoms with Crippen molar-refractivity contribution in [2.24, 2.45) is 5.41 Å². The maximum Gasteiger partial charge on any atom is 0.324 e. The SMILES string of the molecule is COc1ccc(F)cc1CC(C)(C#N)C(=O)O. The first-order valence-electron chi connectivity index (χ1n) is 4.90. The number of methoxy groups -OCH3 is 1. The summed E-state index contributed by atoms with van der Waals surface area (Å²) in [5, 5.41) is 17.9. The molecule has 0 aromatic heterocycles. The molecule has 1 N–H and O–H groups in total. The lowest BCUT2D eigenvalue weighted by Crippen LogP contribution is -2.28. The molecule has 0 spiro atoms. The Morgan fingerprint density at radius 3 is 2.76 bits per heavy atom. The zero-order valence-electron chi connectivity index (χ0n) is 9.53. The number of nitriles is 1. The molecule has 0 aliphatic rings.